The van der Waals surface area contributed by atoms with Crippen LogP contribution in [-0.2, 0) is 0 Å². The summed E-state index contributed by atoms with van der Waals surface area (Å²) in [5, 5.41) is 0.700. The van der Waals surface area contributed by atoms with Crippen molar-refractivity contribution in [2.24, 2.45) is 5.84 Å². The SMILES string of the molecule is Cc1ccc(C(NN)c2cccc(Cl)c2)c(C)n1. The fraction of sp³-hybridized carbons (Fsp3) is 0.214. The molecule has 0 radical (unpaired) electrons. The minimum atomic E-state index is -0.100. The third kappa shape index (κ3) is 2.70. The van der Waals surface area contributed by atoms with Gasteiger partial charge in [-0.1, -0.05) is 29.8 Å². The van der Waals surface area contributed by atoms with Crippen LogP contribution in [0.3, 0.4) is 0 Å². The van der Waals surface area contributed by atoms with Crippen molar-refractivity contribution in [2.75, 3.05) is 0 Å². The van der Waals surface area contributed by atoms with Crippen molar-refractivity contribution in [1.29, 1.82) is 0 Å². The van der Waals surface area contributed by atoms with Gasteiger partial charge < -0.3 is 0 Å². The first-order valence-electron chi connectivity index (χ1n) is 5.77. The molecule has 1 heterocycles. The number of rotatable bonds is 3. The molecular formula is C14H16ClN3. The molecule has 1 aromatic heterocycles. The normalized spacial score (nSPS) is 12.4. The standard InChI is InChI=1S/C14H16ClN3/c1-9-6-7-13(10(2)17-9)14(18-16)11-4-3-5-12(15)8-11/h3-8,14,18H,16H2,1-2H3. The number of hydrogen-bond donors (Lipinski definition) is 2. The molecule has 3 nitrogen and oxygen atoms in total. The van der Waals surface area contributed by atoms with Crippen LogP contribution in [0.2, 0.25) is 5.02 Å². The van der Waals surface area contributed by atoms with Crippen LogP contribution >= 0.6 is 11.6 Å². The fourth-order valence-corrected chi connectivity index (χ4v) is 2.25. The van der Waals surface area contributed by atoms with E-state index in [0.29, 0.717) is 5.02 Å². The number of hydrogen-bond acceptors (Lipinski definition) is 3. The van der Waals surface area contributed by atoms with Crippen LogP contribution in [0.25, 0.3) is 0 Å². The first-order valence-corrected chi connectivity index (χ1v) is 6.15. The number of nitrogens with zero attached hydrogens (tertiary/aromatic N) is 1. The smallest absolute Gasteiger partial charge is 0.0728 e. The van der Waals surface area contributed by atoms with Crippen LogP contribution in [0.5, 0.6) is 0 Å². The lowest BCUT2D eigenvalue weighted by Gasteiger charge is -2.19. The lowest BCUT2D eigenvalue weighted by molar-refractivity contribution is 0.630. The lowest BCUT2D eigenvalue weighted by Crippen LogP contribution is -2.29. The maximum absolute atomic E-state index is 6.01. The van der Waals surface area contributed by atoms with Crippen LogP contribution in [0, 0.1) is 13.8 Å². The quantitative estimate of drug-likeness (QED) is 0.660. The third-order valence-electron chi connectivity index (χ3n) is 2.93. The highest BCUT2D eigenvalue weighted by atomic mass is 35.5. The van der Waals surface area contributed by atoms with Crippen molar-refractivity contribution in [3.8, 4) is 0 Å². The van der Waals surface area contributed by atoms with Crippen molar-refractivity contribution in [3.05, 3.63) is 63.9 Å². The highest BCUT2D eigenvalue weighted by Gasteiger charge is 2.15. The lowest BCUT2D eigenvalue weighted by atomic mass is 9.98. The van der Waals surface area contributed by atoms with Crippen molar-refractivity contribution in [1.82, 2.24) is 10.4 Å². The van der Waals surface area contributed by atoms with Gasteiger partial charge in [-0.3, -0.25) is 10.8 Å². The predicted molar refractivity (Wildman–Crippen MR) is 74.3 cm³/mol. The molecule has 0 amide bonds. The molecule has 1 aromatic carbocycles. The number of hydrazine groups is 1. The van der Waals surface area contributed by atoms with Crippen LogP contribution in [0.15, 0.2) is 36.4 Å². The number of benzene rings is 1. The van der Waals surface area contributed by atoms with Crippen LogP contribution in [-0.4, -0.2) is 4.98 Å². The van der Waals surface area contributed by atoms with Gasteiger partial charge >= 0.3 is 0 Å². The summed E-state index contributed by atoms with van der Waals surface area (Å²) < 4.78 is 0. The van der Waals surface area contributed by atoms with Gasteiger partial charge in [0.1, 0.15) is 0 Å². The minimum absolute atomic E-state index is 0.100. The van der Waals surface area contributed by atoms with Gasteiger partial charge in [0.2, 0.25) is 0 Å². The Balaban J connectivity index is 2.45. The van der Waals surface area contributed by atoms with E-state index in [1.165, 1.54) is 0 Å². The van der Waals surface area contributed by atoms with E-state index < -0.39 is 0 Å². The number of aryl methyl sites for hydroxylation is 2. The first kappa shape index (κ1) is 13.0. The van der Waals surface area contributed by atoms with E-state index in [-0.39, 0.29) is 6.04 Å². The number of halogens is 1. The van der Waals surface area contributed by atoms with Crippen LogP contribution in [0.4, 0.5) is 0 Å². The van der Waals surface area contributed by atoms with E-state index >= 15 is 0 Å². The van der Waals surface area contributed by atoms with Crippen molar-refractivity contribution < 1.29 is 0 Å². The topological polar surface area (TPSA) is 50.9 Å². The molecule has 4 heteroatoms. The second-order valence-electron chi connectivity index (χ2n) is 4.28. The largest absolute Gasteiger partial charge is 0.271 e. The Morgan fingerprint density at radius 3 is 2.61 bits per heavy atom. The Hall–Kier alpha value is -1.42. The highest BCUT2D eigenvalue weighted by Crippen LogP contribution is 2.25. The van der Waals surface area contributed by atoms with Crippen molar-refractivity contribution in [3.63, 3.8) is 0 Å². The molecule has 2 aromatic rings. The summed E-state index contributed by atoms with van der Waals surface area (Å²) in [6.45, 7) is 3.96. The summed E-state index contributed by atoms with van der Waals surface area (Å²) in [6, 6.07) is 11.6. The Morgan fingerprint density at radius 2 is 2.00 bits per heavy atom. The highest BCUT2D eigenvalue weighted by molar-refractivity contribution is 6.30. The molecule has 94 valence electrons. The summed E-state index contributed by atoms with van der Waals surface area (Å²) >= 11 is 6.01. The average Bonchev–Trinajstić information content (AvgIpc) is 2.33. The molecular weight excluding hydrogens is 246 g/mol. The monoisotopic (exact) mass is 261 g/mol. The molecule has 0 bridgehead atoms. The number of aromatic nitrogens is 1. The van der Waals surface area contributed by atoms with Gasteiger partial charge in [-0.05, 0) is 43.2 Å². The Kier molecular flexibility index (Phi) is 3.97. The molecule has 1 unspecified atom stereocenters. The zero-order valence-corrected chi connectivity index (χ0v) is 11.2. The molecule has 0 saturated carbocycles. The zero-order chi connectivity index (χ0) is 13.1. The van der Waals surface area contributed by atoms with Crippen molar-refractivity contribution in [2.45, 2.75) is 19.9 Å². The first-order chi connectivity index (χ1) is 8.61. The zero-order valence-electron chi connectivity index (χ0n) is 10.4. The van der Waals surface area contributed by atoms with Gasteiger partial charge in [-0.2, -0.15) is 0 Å². The summed E-state index contributed by atoms with van der Waals surface area (Å²) in [5.74, 6) is 5.67. The molecule has 2 rings (SSSR count). The van der Waals surface area contributed by atoms with Crippen LogP contribution < -0.4 is 11.3 Å². The van der Waals surface area contributed by atoms with E-state index in [9.17, 15) is 0 Å². The fourth-order valence-electron chi connectivity index (χ4n) is 2.05. The second-order valence-corrected chi connectivity index (χ2v) is 4.72. The maximum Gasteiger partial charge on any atom is 0.0728 e. The summed E-state index contributed by atoms with van der Waals surface area (Å²) in [6.07, 6.45) is 0. The molecule has 0 aliphatic heterocycles. The molecule has 18 heavy (non-hydrogen) atoms. The van der Waals surface area contributed by atoms with E-state index in [1.807, 2.05) is 50.2 Å². The molecule has 1 atom stereocenters. The Morgan fingerprint density at radius 1 is 1.22 bits per heavy atom. The predicted octanol–water partition coefficient (Wildman–Crippen LogP) is 2.90. The van der Waals surface area contributed by atoms with Gasteiger partial charge in [0, 0.05) is 16.4 Å². The number of nitrogens with one attached hydrogen (secondary N) is 1. The van der Waals surface area contributed by atoms with E-state index in [4.69, 9.17) is 17.4 Å². The van der Waals surface area contributed by atoms with E-state index in [1.54, 1.807) is 0 Å². The van der Waals surface area contributed by atoms with Gasteiger partial charge in [0.15, 0.2) is 0 Å². The van der Waals surface area contributed by atoms with Gasteiger partial charge in [0.25, 0.3) is 0 Å². The van der Waals surface area contributed by atoms with Crippen LogP contribution in [0.1, 0.15) is 28.6 Å². The molecule has 0 fully saturated rings. The summed E-state index contributed by atoms with van der Waals surface area (Å²) in [5.41, 5.74) is 6.88. The average molecular weight is 262 g/mol. The van der Waals surface area contributed by atoms with E-state index in [2.05, 4.69) is 10.4 Å². The molecule has 0 saturated heterocycles. The molecule has 0 aliphatic carbocycles. The minimum Gasteiger partial charge on any atom is -0.271 e. The Bertz CT molecular complexity index is 554. The van der Waals surface area contributed by atoms with Gasteiger partial charge in [-0.15, -0.1) is 0 Å². The number of nitrogens with two attached hydrogens (primary N) is 1. The third-order valence-corrected chi connectivity index (χ3v) is 3.16. The van der Waals surface area contributed by atoms with Gasteiger partial charge in [-0.25, -0.2) is 5.43 Å². The maximum atomic E-state index is 6.01. The molecule has 0 aliphatic rings. The summed E-state index contributed by atoms with van der Waals surface area (Å²) in [4.78, 5) is 4.46. The number of pyridine rings is 1. The second kappa shape index (κ2) is 5.48. The van der Waals surface area contributed by atoms with E-state index in [0.717, 1.165) is 22.5 Å². The molecule has 3 N–H and O–H groups in total. The van der Waals surface area contributed by atoms with Gasteiger partial charge in [0.05, 0.1) is 6.04 Å². The summed E-state index contributed by atoms with van der Waals surface area (Å²) in [7, 11) is 0. The molecule has 0 spiro atoms. The van der Waals surface area contributed by atoms with Crippen molar-refractivity contribution >= 4 is 11.6 Å². The Labute approximate surface area is 112 Å².